The van der Waals surface area contributed by atoms with Crippen molar-refractivity contribution in [2.24, 2.45) is 0 Å². The smallest absolute Gasteiger partial charge is 0.231 e. The number of hydrogen-bond acceptors (Lipinski definition) is 5. The van der Waals surface area contributed by atoms with Gasteiger partial charge in [0.25, 0.3) is 0 Å². The molecule has 4 heterocycles. The standard InChI is InChI=1S/C18H10O5/c1-2-19-13-5-14-11(3-9(1)13)18-12(7-20-14)10-4-16-17(22-8-21-16)6-15(10)23-18/h1-6H,7-8H2. The maximum absolute atomic E-state index is 6.12. The van der Waals surface area contributed by atoms with Crippen LogP contribution in [0.5, 0.6) is 17.2 Å². The van der Waals surface area contributed by atoms with Crippen LogP contribution in [0.1, 0.15) is 5.56 Å². The zero-order valence-corrected chi connectivity index (χ0v) is 11.9. The first-order chi connectivity index (χ1) is 11.4. The summed E-state index contributed by atoms with van der Waals surface area (Å²) in [6, 6.07) is 9.72. The molecule has 2 aromatic heterocycles. The molecule has 2 aliphatic heterocycles. The average Bonchev–Trinajstić information content (AvgIpc) is 3.27. The highest BCUT2D eigenvalue weighted by molar-refractivity contribution is 5.95. The van der Waals surface area contributed by atoms with Crippen LogP contribution < -0.4 is 14.2 Å². The fourth-order valence-electron chi connectivity index (χ4n) is 3.34. The minimum Gasteiger partial charge on any atom is -0.488 e. The highest BCUT2D eigenvalue weighted by Crippen LogP contribution is 2.47. The summed E-state index contributed by atoms with van der Waals surface area (Å²) in [5.41, 5.74) is 3.57. The van der Waals surface area contributed by atoms with E-state index >= 15 is 0 Å². The van der Waals surface area contributed by atoms with E-state index in [4.69, 9.17) is 23.0 Å². The topological polar surface area (TPSA) is 54.0 Å². The molecule has 23 heavy (non-hydrogen) atoms. The van der Waals surface area contributed by atoms with E-state index in [9.17, 15) is 0 Å². The summed E-state index contributed by atoms with van der Waals surface area (Å²) in [5.74, 6) is 3.08. The molecule has 0 radical (unpaired) electrons. The van der Waals surface area contributed by atoms with Gasteiger partial charge in [-0.05, 0) is 18.2 Å². The van der Waals surface area contributed by atoms with E-state index in [1.807, 2.05) is 30.3 Å². The molecule has 6 rings (SSSR count). The van der Waals surface area contributed by atoms with Gasteiger partial charge >= 0.3 is 0 Å². The first kappa shape index (κ1) is 11.5. The number of ether oxygens (including phenoxy) is 3. The van der Waals surface area contributed by atoms with Gasteiger partial charge in [0, 0.05) is 28.5 Å². The average molecular weight is 306 g/mol. The van der Waals surface area contributed by atoms with E-state index in [1.165, 1.54) is 0 Å². The van der Waals surface area contributed by atoms with Crippen LogP contribution in [0.4, 0.5) is 0 Å². The largest absolute Gasteiger partial charge is 0.488 e. The molecule has 112 valence electrons. The van der Waals surface area contributed by atoms with Gasteiger partial charge in [0.2, 0.25) is 6.79 Å². The maximum atomic E-state index is 6.12. The lowest BCUT2D eigenvalue weighted by Crippen LogP contribution is -2.03. The van der Waals surface area contributed by atoms with Crippen LogP contribution in [0.25, 0.3) is 33.3 Å². The van der Waals surface area contributed by atoms with Crippen molar-refractivity contribution in [3.05, 3.63) is 42.2 Å². The van der Waals surface area contributed by atoms with Crippen LogP contribution in [0.2, 0.25) is 0 Å². The van der Waals surface area contributed by atoms with E-state index in [-0.39, 0.29) is 6.79 Å². The Balaban J connectivity index is 1.67. The van der Waals surface area contributed by atoms with Gasteiger partial charge in [-0.1, -0.05) is 0 Å². The Morgan fingerprint density at radius 2 is 1.70 bits per heavy atom. The number of benzene rings is 2. The van der Waals surface area contributed by atoms with Gasteiger partial charge in [-0.3, -0.25) is 0 Å². The molecule has 0 saturated heterocycles. The molecule has 2 aromatic carbocycles. The van der Waals surface area contributed by atoms with Crippen LogP contribution in [0, 0.1) is 0 Å². The molecule has 2 aliphatic rings. The van der Waals surface area contributed by atoms with Crippen LogP contribution in [0.15, 0.2) is 45.4 Å². The predicted molar refractivity (Wildman–Crippen MR) is 81.9 cm³/mol. The molecule has 0 amide bonds. The molecule has 0 aliphatic carbocycles. The zero-order chi connectivity index (χ0) is 15.0. The van der Waals surface area contributed by atoms with Gasteiger partial charge in [-0.2, -0.15) is 0 Å². The third kappa shape index (κ3) is 1.41. The maximum Gasteiger partial charge on any atom is 0.231 e. The first-order valence-corrected chi connectivity index (χ1v) is 7.36. The molecular weight excluding hydrogens is 296 g/mol. The van der Waals surface area contributed by atoms with Crippen LogP contribution in [-0.2, 0) is 6.61 Å². The molecule has 0 spiro atoms. The fraction of sp³-hybridized carbons (Fsp3) is 0.111. The van der Waals surface area contributed by atoms with Gasteiger partial charge in [0.05, 0.1) is 11.8 Å². The molecule has 0 fully saturated rings. The van der Waals surface area contributed by atoms with E-state index in [2.05, 4.69) is 0 Å². The Morgan fingerprint density at radius 3 is 2.65 bits per heavy atom. The number of furan rings is 2. The highest BCUT2D eigenvalue weighted by atomic mass is 16.7. The van der Waals surface area contributed by atoms with Gasteiger partial charge in [-0.15, -0.1) is 0 Å². The predicted octanol–water partition coefficient (Wildman–Crippen LogP) is 4.47. The Labute approximate surface area is 129 Å². The van der Waals surface area contributed by atoms with Gasteiger partial charge in [0.1, 0.15) is 29.3 Å². The summed E-state index contributed by atoms with van der Waals surface area (Å²) in [6.07, 6.45) is 1.68. The summed E-state index contributed by atoms with van der Waals surface area (Å²) >= 11 is 0. The van der Waals surface area contributed by atoms with Crippen molar-refractivity contribution in [3.63, 3.8) is 0 Å². The summed E-state index contributed by atoms with van der Waals surface area (Å²) in [6.45, 7) is 0.711. The monoisotopic (exact) mass is 306 g/mol. The van der Waals surface area contributed by atoms with E-state index in [1.54, 1.807) is 6.26 Å². The number of hydrogen-bond donors (Lipinski definition) is 0. The van der Waals surface area contributed by atoms with E-state index < -0.39 is 0 Å². The second kappa shape index (κ2) is 3.81. The van der Waals surface area contributed by atoms with Gasteiger partial charge < -0.3 is 23.0 Å². The quantitative estimate of drug-likeness (QED) is 0.480. The van der Waals surface area contributed by atoms with Crippen molar-refractivity contribution in [3.8, 4) is 28.6 Å². The highest BCUT2D eigenvalue weighted by Gasteiger charge is 2.27. The number of fused-ring (bicyclic) bond motifs is 7. The zero-order valence-electron chi connectivity index (χ0n) is 11.9. The molecule has 0 bridgehead atoms. The fourth-order valence-corrected chi connectivity index (χ4v) is 3.34. The second-order valence-corrected chi connectivity index (χ2v) is 5.71. The third-order valence-corrected chi connectivity index (χ3v) is 4.46. The Hall–Kier alpha value is -3.08. The van der Waals surface area contributed by atoms with Gasteiger partial charge in [0.15, 0.2) is 11.5 Å². The first-order valence-electron chi connectivity index (χ1n) is 7.36. The van der Waals surface area contributed by atoms with Crippen molar-refractivity contribution in [2.75, 3.05) is 6.79 Å². The molecule has 5 nitrogen and oxygen atoms in total. The normalized spacial score (nSPS) is 14.8. The van der Waals surface area contributed by atoms with E-state index in [0.29, 0.717) is 6.61 Å². The Morgan fingerprint density at radius 1 is 0.826 bits per heavy atom. The van der Waals surface area contributed by atoms with Crippen molar-refractivity contribution in [1.82, 2.24) is 0 Å². The van der Waals surface area contributed by atoms with Crippen molar-refractivity contribution >= 4 is 21.9 Å². The number of rotatable bonds is 0. The summed E-state index contributed by atoms with van der Waals surface area (Å²) < 4.78 is 28.4. The SMILES string of the molecule is c1cc2cc3c(cc2o1)OCc1c-3oc2cc3c(cc12)OCO3. The Bertz CT molecular complexity index is 1100. The summed E-state index contributed by atoms with van der Waals surface area (Å²) in [4.78, 5) is 0. The molecule has 0 unspecified atom stereocenters. The third-order valence-electron chi connectivity index (χ3n) is 4.46. The summed E-state index contributed by atoms with van der Waals surface area (Å²) in [7, 11) is 0. The van der Waals surface area contributed by atoms with Crippen LogP contribution in [0.3, 0.4) is 0 Å². The Kier molecular flexibility index (Phi) is 1.90. The van der Waals surface area contributed by atoms with Gasteiger partial charge in [-0.25, -0.2) is 0 Å². The molecule has 5 heteroatoms. The second-order valence-electron chi connectivity index (χ2n) is 5.71. The van der Waals surface area contributed by atoms with Crippen molar-refractivity contribution in [1.29, 1.82) is 0 Å². The lowest BCUT2D eigenvalue weighted by Gasteiger charge is -2.16. The molecule has 0 N–H and O–H groups in total. The summed E-state index contributed by atoms with van der Waals surface area (Å²) in [5, 5.41) is 2.03. The van der Waals surface area contributed by atoms with E-state index in [0.717, 1.165) is 56.1 Å². The lowest BCUT2D eigenvalue weighted by atomic mass is 10.0. The molecule has 4 aromatic rings. The minimum absolute atomic E-state index is 0.252. The molecule has 0 atom stereocenters. The van der Waals surface area contributed by atoms with Crippen LogP contribution in [-0.4, -0.2) is 6.79 Å². The lowest BCUT2D eigenvalue weighted by molar-refractivity contribution is 0.174. The van der Waals surface area contributed by atoms with Crippen molar-refractivity contribution < 1.29 is 23.0 Å². The molecule has 0 saturated carbocycles. The van der Waals surface area contributed by atoms with Crippen LogP contribution >= 0.6 is 0 Å². The molecular formula is C18H10O5. The minimum atomic E-state index is 0.252. The van der Waals surface area contributed by atoms with Crippen molar-refractivity contribution in [2.45, 2.75) is 6.61 Å².